The van der Waals surface area contributed by atoms with Crippen LogP contribution in [-0.4, -0.2) is 30.4 Å². The van der Waals surface area contributed by atoms with Gasteiger partial charge in [0, 0.05) is 18.6 Å². The first kappa shape index (κ1) is 18.6. The van der Waals surface area contributed by atoms with E-state index in [4.69, 9.17) is 9.47 Å². The highest BCUT2D eigenvalue weighted by atomic mass is 16.6. The Hall–Kier alpha value is -1.75. The standard InChI is InChI=1S/C19H30N2O3/c1-5-6-11-23-15-9-7-14(8-10-15)13-20-16-12-17(16)21-18(22)24-19(2,3)4/h7-10,16-17,20H,5-6,11-13H2,1-4H3,(H,21,22). The molecule has 1 aromatic rings. The molecule has 0 bridgehead atoms. The predicted molar refractivity (Wildman–Crippen MR) is 95.2 cm³/mol. The number of alkyl carbamates (subject to hydrolysis) is 1. The molecule has 0 radical (unpaired) electrons. The van der Waals surface area contributed by atoms with Crippen molar-refractivity contribution in [3.8, 4) is 5.75 Å². The van der Waals surface area contributed by atoms with Gasteiger partial charge in [0.25, 0.3) is 0 Å². The number of benzene rings is 1. The van der Waals surface area contributed by atoms with Crippen LogP contribution in [0.15, 0.2) is 24.3 Å². The molecule has 0 spiro atoms. The first-order valence-electron chi connectivity index (χ1n) is 8.82. The minimum absolute atomic E-state index is 0.163. The molecule has 24 heavy (non-hydrogen) atoms. The number of hydrogen-bond acceptors (Lipinski definition) is 4. The van der Waals surface area contributed by atoms with Gasteiger partial charge >= 0.3 is 6.09 Å². The van der Waals surface area contributed by atoms with Crippen molar-refractivity contribution in [2.45, 2.75) is 71.2 Å². The second-order valence-corrected chi connectivity index (χ2v) is 7.32. The van der Waals surface area contributed by atoms with E-state index in [1.807, 2.05) is 32.9 Å². The Labute approximate surface area is 145 Å². The zero-order valence-corrected chi connectivity index (χ0v) is 15.2. The first-order chi connectivity index (χ1) is 11.4. The molecule has 0 saturated heterocycles. The fraction of sp³-hybridized carbons (Fsp3) is 0.632. The molecule has 0 aliphatic heterocycles. The third kappa shape index (κ3) is 6.79. The number of nitrogens with one attached hydrogen (secondary N) is 2. The molecule has 2 rings (SSSR count). The average molecular weight is 334 g/mol. The third-order valence-electron chi connectivity index (χ3n) is 3.75. The SMILES string of the molecule is CCCCOc1ccc(CNC2CC2NC(=O)OC(C)(C)C)cc1. The van der Waals surface area contributed by atoms with E-state index in [9.17, 15) is 4.79 Å². The van der Waals surface area contributed by atoms with Gasteiger partial charge in [0.1, 0.15) is 11.4 Å². The smallest absolute Gasteiger partial charge is 0.407 e. The lowest BCUT2D eigenvalue weighted by atomic mass is 10.2. The molecular formula is C19H30N2O3. The molecule has 0 heterocycles. The van der Waals surface area contributed by atoms with Gasteiger partial charge in [-0.2, -0.15) is 0 Å². The van der Waals surface area contributed by atoms with Crippen LogP contribution in [0.4, 0.5) is 4.79 Å². The molecule has 0 aromatic heterocycles. The Kier molecular flexibility index (Phi) is 6.49. The normalized spacial score (nSPS) is 19.7. The van der Waals surface area contributed by atoms with Gasteiger partial charge in [-0.25, -0.2) is 4.79 Å². The summed E-state index contributed by atoms with van der Waals surface area (Å²) in [5, 5.41) is 6.34. The summed E-state index contributed by atoms with van der Waals surface area (Å²) >= 11 is 0. The summed E-state index contributed by atoms with van der Waals surface area (Å²) in [4.78, 5) is 11.7. The average Bonchev–Trinajstić information content (AvgIpc) is 3.22. The number of rotatable bonds is 8. The van der Waals surface area contributed by atoms with Crippen LogP contribution in [0.3, 0.4) is 0 Å². The van der Waals surface area contributed by atoms with Crippen molar-refractivity contribution >= 4 is 6.09 Å². The van der Waals surface area contributed by atoms with Gasteiger partial charge in [-0.1, -0.05) is 25.5 Å². The van der Waals surface area contributed by atoms with Gasteiger partial charge in [-0.3, -0.25) is 0 Å². The van der Waals surface area contributed by atoms with Crippen molar-refractivity contribution in [2.75, 3.05) is 6.61 Å². The van der Waals surface area contributed by atoms with E-state index in [2.05, 4.69) is 29.7 Å². The van der Waals surface area contributed by atoms with Crippen LogP contribution in [0, 0.1) is 0 Å². The molecule has 134 valence electrons. The molecule has 2 N–H and O–H groups in total. The highest BCUT2D eigenvalue weighted by molar-refractivity contribution is 5.68. The molecule has 5 heteroatoms. The van der Waals surface area contributed by atoms with Gasteiger partial charge in [0.15, 0.2) is 0 Å². The van der Waals surface area contributed by atoms with Crippen LogP contribution >= 0.6 is 0 Å². The van der Waals surface area contributed by atoms with Crippen molar-refractivity contribution in [1.29, 1.82) is 0 Å². The highest BCUT2D eigenvalue weighted by Crippen LogP contribution is 2.23. The highest BCUT2D eigenvalue weighted by Gasteiger charge is 2.38. The molecule has 1 aliphatic carbocycles. The fourth-order valence-corrected chi connectivity index (χ4v) is 2.33. The Morgan fingerprint density at radius 1 is 1.21 bits per heavy atom. The monoisotopic (exact) mass is 334 g/mol. The summed E-state index contributed by atoms with van der Waals surface area (Å²) < 4.78 is 10.9. The number of carbonyl (C=O) groups excluding carboxylic acids is 1. The number of carbonyl (C=O) groups is 1. The fourth-order valence-electron chi connectivity index (χ4n) is 2.33. The van der Waals surface area contributed by atoms with Gasteiger partial charge in [-0.05, 0) is 51.3 Å². The maximum absolute atomic E-state index is 11.7. The van der Waals surface area contributed by atoms with Crippen LogP contribution < -0.4 is 15.4 Å². The Morgan fingerprint density at radius 2 is 1.92 bits per heavy atom. The molecule has 2 atom stereocenters. The zero-order valence-electron chi connectivity index (χ0n) is 15.2. The molecule has 5 nitrogen and oxygen atoms in total. The number of unbranched alkanes of at least 4 members (excludes halogenated alkanes) is 1. The van der Waals surface area contributed by atoms with E-state index in [0.29, 0.717) is 6.04 Å². The topological polar surface area (TPSA) is 59.6 Å². The molecule has 1 aromatic carbocycles. The van der Waals surface area contributed by atoms with Crippen molar-refractivity contribution in [1.82, 2.24) is 10.6 Å². The molecule has 1 amide bonds. The molecule has 1 aliphatic rings. The third-order valence-corrected chi connectivity index (χ3v) is 3.75. The summed E-state index contributed by atoms with van der Waals surface area (Å²) in [5.74, 6) is 0.920. The number of hydrogen-bond donors (Lipinski definition) is 2. The lowest BCUT2D eigenvalue weighted by Gasteiger charge is -2.19. The lowest BCUT2D eigenvalue weighted by molar-refractivity contribution is 0.0522. The first-order valence-corrected chi connectivity index (χ1v) is 8.82. The zero-order chi connectivity index (χ0) is 17.6. The van der Waals surface area contributed by atoms with E-state index in [0.717, 1.165) is 38.2 Å². The van der Waals surface area contributed by atoms with Crippen molar-refractivity contribution < 1.29 is 14.3 Å². The van der Waals surface area contributed by atoms with Crippen LogP contribution in [0.2, 0.25) is 0 Å². The second kappa shape index (κ2) is 8.38. The summed E-state index contributed by atoms with van der Waals surface area (Å²) in [6.45, 7) is 9.31. The van der Waals surface area contributed by atoms with Gasteiger partial charge in [0.2, 0.25) is 0 Å². The van der Waals surface area contributed by atoms with E-state index < -0.39 is 5.60 Å². The van der Waals surface area contributed by atoms with Crippen molar-refractivity contribution in [3.05, 3.63) is 29.8 Å². The summed E-state index contributed by atoms with van der Waals surface area (Å²) in [7, 11) is 0. The van der Waals surface area contributed by atoms with Gasteiger partial charge in [-0.15, -0.1) is 0 Å². The predicted octanol–water partition coefficient (Wildman–Crippen LogP) is 3.62. The van der Waals surface area contributed by atoms with Crippen LogP contribution in [-0.2, 0) is 11.3 Å². The van der Waals surface area contributed by atoms with Crippen molar-refractivity contribution in [2.24, 2.45) is 0 Å². The van der Waals surface area contributed by atoms with E-state index in [1.54, 1.807) is 0 Å². The van der Waals surface area contributed by atoms with Crippen LogP contribution in [0.5, 0.6) is 5.75 Å². The minimum atomic E-state index is -0.456. The summed E-state index contributed by atoms with van der Waals surface area (Å²) in [5.41, 5.74) is 0.754. The Bertz CT molecular complexity index is 522. The maximum Gasteiger partial charge on any atom is 0.407 e. The van der Waals surface area contributed by atoms with Crippen LogP contribution in [0.25, 0.3) is 0 Å². The van der Waals surface area contributed by atoms with E-state index in [1.165, 1.54) is 5.56 Å². The molecule has 2 unspecified atom stereocenters. The van der Waals surface area contributed by atoms with E-state index >= 15 is 0 Å². The summed E-state index contributed by atoms with van der Waals surface area (Å²) in [6.07, 6.45) is 2.82. The lowest BCUT2D eigenvalue weighted by Crippen LogP contribution is -2.36. The van der Waals surface area contributed by atoms with Crippen molar-refractivity contribution in [3.63, 3.8) is 0 Å². The molecular weight excluding hydrogens is 304 g/mol. The van der Waals surface area contributed by atoms with E-state index in [-0.39, 0.29) is 12.1 Å². The summed E-state index contributed by atoms with van der Waals surface area (Å²) in [6, 6.07) is 8.65. The second-order valence-electron chi connectivity index (χ2n) is 7.32. The Morgan fingerprint density at radius 3 is 2.54 bits per heavy atom. The molecule has 1 saturated carbocycles. The number of ether oxygens (including phenoxy) is 2. The minimum Gasteiger partial charge on any atom is -0.494 e. The van der Waals surface area contributed by atoms with Gasteiger partial charge in [0.05, 0.1) is 6.61 Å². The molecule has 1 fully saturated rings. The van der Waals surface area contributed by atoms with Gasteiger partial charge < -0.3 is 20.1 Å². The number of amides is 1. The maximum atomic E-state index is 11.7. The quantitative estimate of drug-likeness (QED) is 0.713. The van der Waals surface area contributed by atoms with Crippen LogP contribution in [0.1, 0.15) is 52.5 Å². The Balaban J connectivity index is 1.65. The largest absolute Gasteiger partial charge is 0.494 e.